The monoisotopic (exact) mass is 500 g/mol. The molecule has 35 heavy (non-hydrogen) atoms. The molecule has 1 aromatic carbocycles. The first-order valence-corrected chi connectivity index (χ1v) is 12.3. The van der Waals surface area contributed by atoms with Crippen LogP contribution in [-0.2, 0) is 6.54 Å². The second-order valence-corrected chi connectivity index (χ2v) is 9.67. The van der Waals surface area contributed by atoms with Crippen LogP contribution in [0.15, 0.2) is 35.7 Å². The minimum absolute atomic E-state index is 0.152. The van der Waals surface area contributed by atoms with E-state index in [4.69, 9.17) is 4.74 Å². The summed E-state index contributed by atoms with van der Waals surface area (Å²) in [4.78, 5) is 36.6. The van der Waals surface area contributed by atoms with Crippen molar-refractivity contribution in [2.24, 2.45) is 0 Å². The highest BCUT2D eigenvalue weighted by Crippen LogP contribution is 2.31. The second-order valence-electron chi connectivity index (χ2n) is 8.79. The lowest BCUT2D eigenvalue weighted by Crippen LogP contribution is -2.36. The number of likely N-dealkylation sites (N-methyl/N-ethyl adjacent to an activating group) is 1. The van der Waals surface area contributed by atoms with E-state index in [1.807, 2.05) is 0 Å². The number of ketones is 1. The molecule has 1 amide bonds. The number of Topliss-reactive ketones (excluding diaryl/α,β-unsaturated/α-hetero) is 1. The predicted molar refractivity (Wildman–Crippen MR) is 132 cm³/mol. The quantitative estimate of drug-likeness (QED) is 0.394. The smallest absolute Gasteiger partial charge is 0.276 e. The Labute approximate surface area is 207 Å². The summed E-state index contributed by atoms with van der Waals surface area (Å²) in [6, 6.07) is 8.18. The van der Waals surface area contributed by atoms with E-state index in [-0.39, 0.29) is 17.4 Å². The van der Waals surface area contributed by atoms with Gasteiger partial charge >= 0.3 is 0 Å². The molecule has 3 heterocycles. The van der Waals surface area contributed by atoms with Crippen LogP contribution in [0.3, 0.4) is 0 Å². The maximum atomic E-state index is 13.5. The number of nitrogens with zero attached hydrogens (tertiary/aromatic N) is 4. The summed E-state index contributed by atoms with van der Waals surface area (Å²) in [5.41, 5.74) is 1.56. The zero-order chi connectivity index (χ0) is 25.1. The lowest BCUT2D eigenvalue weighted by atomic mass is 10.1. The highest BCUT2D eigenvalue weighted by atomic mass is 32.1. The summed E-state index contributed by atoms with van der Waals surface area (Å²) in [6.07, 6.45) is -0.507. The van der Waals surface area contributed by atoms with Gasteiger partial charge < -0.3 is 14.7 Å². The van der Waals surface area contributed by atoms with E-state index >= 15 is 0 Å². The Morgan fingerprint density at radius 1 is 1.20 bits per heavy atom. The summed E-state index contributed by atoms with van der Waals surface area (Å²) >= 11 is 1.19. The molecule has 8 nitrogen and oxygen atoms in total. The SMILES string of the molecule is COc1cc2csc(C(=O)C(O)N(C)C)c2nc1C(=O)N1CCCN(Cc2ccc(F)cc2)CC1. The maximum Gasteiger partial charge on any atom is 0.276 e. The number of methoxy groups -OCH3 is 1. The van der Waals surface area contributed by atoms with Gasteiger partial charge in [0.1, 0.15) is 10.7 Å². The predicted octanol–water partition coefficient (Wildman–Crippen LogP) is 2.85. The third kappa shape index (κ3) is 5.51. The third-order valence-corrected chi connectivity index (χ3v) is 7.10. The molecule has 1 saturated heterocycles. The van der Waals surface area contributed by atoms with Crippen molar-refractivity contribution in [3.63, 3.8) is 0 Å². The first-order valence-electron chi connectivity index (χ1n) is 11.4. The van der Waals surface area contributed by atoms with Crippen molar-refractivity contribution < 1.29 is 23.8 Å². The van der Waals surface area contributed by atoms with Crippen LogP contribution in [-0.4, -0.2) is 90.1 Å². The zero-order valence-electron chi connectivity index (χ0n) is 20.0. The number of pyridine rings is 1. The van der Waals surface area contributed by atoms with Gasteiger partial charge in [-0.3, -0.25) is 19.4 Å². The topological polar surface area (TPSA) is 86.2 Å². The Morgan fingerprint density at radius 2 is 1.94 bits per heavy atom. The van der Waals surface area contributed by atoms with Crippen LogP contribution in [0.25, 0.3) is 10.9 Å². The molecule has 0 aliphatic carbocycles. The normalized spacial score (nSPS) is 15.9. The van der Waals surface area contributed by atoms with Crippen molar-refractivity contribution in [1.82, 2.24) is 19.7 Å². The standard InChI is InChI=1S/C25H29FN4O4S/c1-28(2)25(33)22(31)23-20-17(15-35-23)13-19(34-3)21(27-20)24(32)30-10-4-9-29(11-12-30)14-16-5-7-18(26)8-6-16/h5-8,13,15,25,33H,4,9-12,14H2,1-3H3. The number of hydrogen-bond donors (Lipinski definition) is 1. The number of fused-ring (bicyclic) bond motifs is 1. The van der Waals surface area contributed by atoms with Crippen LogP contribution in [0.5, 0.6) is 5.75 Å². The Balaban J connectivity index is 1.54. The minimum Gasteiger partial charge on any atom is -0.494 e. The molecule has 2 aromatic heterocycles. The molecule has 10 heteroatoms. The number of thiophene rings is 1. The van der Waals surface area contributed by atoms with Gasteiger partial charge in [-0.25, -0.2) is 9.37 Å². The number of rotatable bonds is 7. The first kappa shape index (κ1) is 25.2. The highest BCUT2D eigenvalue weighted by Gasteiger charge is 2.28. The number of amides is 1. The zero-order valence-corrected chi connectivity index (χ0v) is 20.8. The molecule has 0 bridgehead atoms. The number of benzene rings is 1. The van der Waals surface area contributed by atoms with E-state index in [2.05, 4.69) is 9.88 Å². The molecule has 1 unspecified atom stereocenters. The first-order chi connectivity index (χ1) is 16.8. The highest BCUT2D eigenvalue weighted by molar-refractivity contribution is 7.13. The van der Waals surface area contributed by atoms with Gasteiger partial charge in [-0.2, -0.15) is 0 Å². The molecule has 1 atom stereocenters. The van der Waals surface area contributed by atoms with Crippen molar-refractivity contribution in [3.8, 4) is 5.75 Å². The largest absolute Gasteiger partial charge is 0.494 e. The van der Waals surface area contributed by atoms with E-state index in [0.29, 0.717) is 47.7 Å². The van der Waals surface area contributed by atoms with Gasteiger partial charge in [0.15, 0.2) is 17.7 Å². The van der Waals surface area contributed by atoms with E-state index in [9.17, 15) is 19.1 Å². The van der Waals surface area contributed by atoms with Gasteiger partial charge in [-0.05, 0) is 44.3 Å². The summed E-state index contributed by atoms with van der Waals surface area (Å²) in [7, 11) is 4.71. The molecule has 1 N–H and O–H groups in total. The van der Waals surface area contributed by atoms with E-state index in [0.717, 1.165) is 18.5 Å². The Hall–Kier alpha value is -2.92. The van der Waals surface area contributed by atoms with E-state index < -0.39 is 12.0 Å². The second kappa shape index (κ2) is 10.8. The lowest BCUT2D eigenvalue weighted by Gasteiger charge is -2.22. The molecule has 186 valence electrons. The number of carbonyl (C=O) groups is 2. The van der Waals surface area contributed by atoms with Crippen LogP contribution in [0.1, 0.15) is 32.1 Å². The average Bonchev–Trinajstić information content (AvgIpc) is 3.13. The molecule has 4 rings (SSSR count). The number of aliphatic hydroxyl groups excluding tert-OH is 1. The van der Waals surface area contributed by atoms with Gasteiger partial charge in [0, 0.05) is 43.5 Å². The Morgan fingerprint density at radius 3 is 2.63 bits per heavy atom. The van der Waals surface area contributed by atoms with Crippen molar-refractivity contribution in [1.29, 1.82) is 0 Å². The van der Waals surface area contributed by atoms with Gasteiger partial charge in [0.05, 0.1) is 12.6 Å². The number of hydrogen-bond acceptors (Lipinski definition) is 8. The van der Waals surface area contributed by atoms with Crippen LogP contribution < -0.4 is 4.74 Å². The molecule has 0 saturated carbocycles. The molecule has 1 fully saturated rings. The Bertz CT molecular complexity index is 1210. The van der Waals surface area contributed by atoms with Gasteiger partial charge in [-0.1, -0.05) is 12.1 Å². The van der Waals surface area contributed by atoms with Crippen LogP contribution in [0.4, 0.5) is 4.39 Å². The Kier molecular flexibility index (Phi) is 7.75. The number of aliphatic hydroxyl groups is 1. The lowest BCUT2D eigenvalue weighted by molar-refractivity contribution is 0.0335. The third-order valence-electron chi connectivity index (χ3n) is 6.10. The van der Waals surface area contributed by atoms with Crippen molar-refractivity contribution in [2.45, 2.75) is 19.2 Å². The summed E-state index contributed by atoms with van der Waals surface area (Å²) in [5.74, 6) is -0.631. The number of aromatic nitrogens is 1. The molecular formula is C25H29FN4O4S. The van der Waals surface area contributed by atoms with Crippen molar-refractivity contribution in [3.05, 3.63) is 57.7 Å². The van der Waals surface area contributed by atoms with Crippen molar-refractivity contribution in [2.75, 3.05) is 47.4 Å². The average molecular weight is 501 g/mol. The van der Waals surface area contributed by atoms with Crippen molar-refractivity contribution >= 4 is 33.9 Å². The fourth-order valence-corrected chi connectivity index (χ4v) is 5.05. The van der Waals surface area contributed by atoms with Crippen LogP contribution in [0.2, 0.25) is 0 Å². The fourth-order valence-electron chi connectivity index (χ4n) is 4.12. The number of carbonyl (C=O) groups excluding carboxylic acids is 2. The summed E-state index contributed by atoms with van der Waals surface area (Å²) in [6.45, 7) is 3.25. The number of halogens is 1. The molecule has 0 spiro atoms. The molecule has 0 radical (unpaired) electrons. The summed E-state index contributed by atoms with van der Waals surface area (Å²) in [5, 5.41) is 12.7. The van der Waals surface area contributed by atoms with Gasteiger partial charge in [0.2, 0.25) is 5.78 Å². The fraction of sp³-hybridized carbons (Fsp3) is 0.400. The number of ether oxygens (including phenoxy) is 1. The molecule has 1 aliphatic heterocycles. The van der Waals surface area contributed by atoms with E-state index in [1.165, 1.54) is 35.5 Å². The van der Waals surface area contributed by atoms with Gasteiger partial charge in [-0.15, -0.1) is 11.3 Å². The van der Waals surface area contributed by atoms with Gasteiger partial charge in [0.25, 0.3) is 5.91 Å². The summed E-state index contributed by atoms with van der Waals surface area (Å²) < 4.78 is 18.7. The van der Waals surface area contributed by atoms with E-state index in [1.54, 1.807) is 42.6 Å². The molecule has 3 aromatic rings. The van der Waals surface area contributed by atoms with Crippen LogP contribution >= 0.6 is 11.3 Å². The van der Waals surface area contributed by atoms with Crippen LogP contribution in [0, 0.1) is 5.82 Å². The minimum atomic E-state index is -1.29. The maximum absolute atomic E-state index is 13.5. The molecule has 1 aliphatic rings. The molecular weight excluding hydrogens is 471 g/mol.